The molecule has 0 fully saturated rings. The van der Waals surface area contributed by atoms with Crippen LogP contribution in [0.5, 0.6) is 5.75 Å². The monoisotopic (exact) mass is 213 g/mol. The van der Waals surface area contributed by atoms with Crippen LogP contribution in [0, 0.1) is 0 Å². The zero-order valence-electron chi connectivity index (χ0n) is 8.74. The third-order valence-corrected chi connectivity index (χ3v) is 1.91. The Morgan fingerprint density at radius 2 is 2.33 bits per heavy atom. The fourth-order valence-corrected chi connectivity index (χ4v) is 1.19. The van der Waals surface area contributed by atoms with Crippen LogP contribution in [-0.2, 0) is 6.54 Å². The Morgan fingerprint density at radius 1 is 1.53 bits per heavy atom. The average Bonchev–Trinajstić information content (AvgIpc) is 2.27. The Balaban J connectivity index is 2.50. The summed E-state index contributed by atoms with van der Waals surface area (Å²) in [6, 6.07) is 7.43. The molecule has 0 bridgehead atoms. The standard InChI is InChI=1S/C11H16FNO2/c1-13-6-9-3-2-4-11(5-9)15-8-10(12)7-14/h2-5,10,13-14H,6-8H2,1H3. The molecule has 0 amide bonds. The summed E-state index contributed by atoms with van der Waals surface area (Å²) >= 11 is 0. The van der Waals surface area contributed by atoms with E-state index >= 15 is 0 Å². The number of aliphatic hydroxyl groups excluding tert-OH is 1. The quantitative estimate of drug-likeness (QED) is 0.744. The van der Waals surface area contributed by atoms with E-state index in [0.29, 0.717) is 5.75 Å². The van der Waals surface area contributed by atoms with Gasteiger partial charge in [-0.1, -0.05) is 12.1 Å². The van der Waals surface area contributed by atoms with Gasteiger partial charge in [-0.05, 0) is 24.7 Å². The Bertz CT molecular complexity index is 294. The molecule has 0 radical (unpaired) electrons. The van der Waals surface area contributed by atoms with Gasteiger partial charge in [0.25, 0.3) is 0 Å². The maximum atomic E-state index is 12.7. The van der Waals surface area contributed by atoms with Gasteiger partial charge in [-0.25, -0.2) is 4.39 Å². The van der Waals surface area contributed by atoms with Crippen molar-refractivity contribution in [2.45, 2.75) is 12.7 Å². The molecule has 15 heavy (non-hydrogen) atoms. The molecule has 0 spiro atoms. The van der Waals surface area contributed by atoms with Crippen molar-refractivity contribution in [3.8, 4) is 5.75 Å². The molecule has 0 saturated carbocycles. The summed E-state index contributed by atoms with van der Waals surface area (Å²) < 4.78 is 17.9. The molecule has 1 unspecified atom stereocenters. The van der Waals surface area contributed by atoms with Gasteiger partial charge in [0, 0.05) is 6.54 Å². The first-order valence-electron chi connectivity index (χ1n) is 4.87. The summed E-state index contributed by atoms with van der Waals surface area (Å²) in [5.41, 5.74) is 1.08. The summed E-state index contributed by atoms with van der Waals surface area (Å²) in [6.07, 6.45) is -1.32. The second kappa shape index (κ2) is 6.37. The van der Waals surface area contributed by atoms with E-state index in [2.05, 4.69) is 5.32 Å². The maximum Gasteiger partial charge on any atom is 0.157 e. The number of benzene rings is 1. The van der Waals surface area contributed by atoms with Gasteiger partial charge in [0.15, 0.2) is 6.17 Å². The van der Waals surface area contributed by atoms with Crippen LogP contribution in [0.3, 0.4) is 0 Å². The summed E-state index contributed by atoms with van der Waals surface area (Å²) in [5, 5.41) is 11.5. The lowest BCUT2D eigenvalue weighted by Gasteiger charge is -2.09. The van der Waals surface area contributed by atoms with Crippen molar-refractivity contribution in [2.24, 2.45) is 0 Å². The fraction of sp³-hybridized carbons (Fsp3) is 0.455. The minimum absolute atomic E-state index is 0.112. The van der Waals surface area contributed by atoms with Crippen molar-refractivity contribution >= 4 is 0 Å². The highest BCUT2D eigenvalue weighted by Gasteiger charge is 2.05. The molecule has 1 atom stereocenters. The molecule has 0 aromatic heterocycles. The maximum absolute atomic E-state index is 12.7. The van der Waals surface area contributed by atoms with E-state index in [9.17, 15) is 4.39 Å². The first-order valence-corrected chi connectivity index (χ1v) is 4.87. The van der Waals surface area contributed by atoms with Gasteiger partial charge in [-0.3, -0.25) is 0 Å². The van der Waals surface area contributed by atoms with Crippen LogP contribution in [0.4, 0.5) is 4.39 Å². The minimum Gasteiger partial charge on any atom is -0.490 e. The number of aliphatic hydroxyl groups is 1. The molecule has 0 aliphatic carbocycles. The van der Waals surface area contributed by atoms with Crippen LogP contribution in [0.1, 0.15) is 5.56 Å². The van der Waals surface area contributed by atoms with E-state index in [1.165, 1.54) is 0 Å². The van der Waals surface area contributed by atoms with E-state index in [1.54, 1.807) is 6.07 Å². The second-order valence-corrected chi connectivity index (χ2v) is 3.27. The molecule has 3 nitrogen and oxygen atoms in total. The van der Waals surface area contributed by atoms with Crippen molar-refractivity contribution < 1.29 is 14.2 Å². The SMILES string of the molecule is CNCc1cccc(OCC(F)CO)c1. The molecule has 2 N–H and O–H groups in total. The molecule has 84 valence electrons. The summed E-state index contributed by atoms with van der Waals surface area (Å²) in [6.45, 7) is 0.131. The largest absolute Gasteiger partial charge is 0.490 e. The highest BCUT2D eigenvalue weighted by Crippen LogP contribution is 2.13. The number of nitrogens with one attached hydrogen (secondary N) is 1. The molecule has 0 aliphatic rings. The Labute approximate surface area is 88.9 Å². The van der Waals surface area contributed by atoms with Crippen molar-refractivity contribution in [3.05, 3.63) is 29.8 Å². The molecule has 0 heterocycles. The molecular weight excluding hydrogens is 197 g/mol. The van der Waals surface area contributed by atoms with Gasteiger partial charge in [0.2, 0.25) is 0 Å². The average molecular weight is 213 g/mol. The topological polar surface area (TPSA) is 41.5 Å². The number of alkyl halides is 1. The van der Waals surface area contributed by atoms with Gasteiger partial charge < -0.3 is 15.2 Å². The molecule has 1 rings (SSSR count). The highest BCUT2D eigenvalue weighted by atomic mass is 19.1. The first kappa shape index (κ1) is 11.9. The summed E-state index contributed by atoms with van der Waals surface area (Å²) in [7, 11) is 1.86. The lowest BCUT2D eigenvalue weighted by atomic mass is 10.2. The van der Waals surface area contributed by atoms with Crippen molar-refractivity contribution in [1.29, 1.82) is 0 Å². The Kier molecular flexibility index (Phi) is 5.07. The van der Waals surface area contributed by atoms with E-state index in [1.807, 2.05) is 25.2 Å². The van der Waals surface area contributed by atoms with E-state index < -0.39 is 12.8 Å². The lowest BCUT2D eigenvalue weighted by molar-refractivity contribution is 0.123. The predicted molar refractivity (Wildman–Crippen MR) is 56.7 cm³/mol. The predicted octanol–water partition coefficient (Wildman–Crippen LogP) is 1.12. The Hall–Kier alpha value is -1.13. The fourth-order valence-electron chi connectivity index (χ4n) is 1.19. The third kappa shape index (κ3) is 4.27. The van der Waals surface area contributed by atoms with Gasteiger partial charge in [0.1, 0.15) is 12.4 Å². The normalized spacial score (nSPS) is 12.5. The number of hydrogen-bond acceptors (Lipinski definition) is 3. The van der Waals surface area contributed by atoms with Crippen LogP contribution < -0.4 is 10.1 Å². The number of ether oxygens (including phenoxy) is 1. The lowest BCUT2D eigenvalue weighted by Crippen LogP contribution is -2.16. The molecule has 4 heteroatoms. The summed E-state index contributed by atoms with van der Waals surface area (Å²) in [5.74, 6) is 0.624. The van der Waals surface area contributed by atoms with Crippen molar-refractivity contribution in [3.63, 3.8) is 0 Å². The summed E-state index contributed by atoms with van der Waals surface area (Å²) in [4.78, 5) is 0. The number of rotatable bonds is 6. The third-order valence-electron chi connectivity index (χ3n) is 1.91. The minimum atomic E-state index is -1.32. The molecule has 1 aromatic carbocycles. The van der Waals surface area contributed by atoms with E-state index in [4.69, 9.17) is 9.84 Å². The number of halogens is 1. The Morgan fingerprint density at radius 3 is 3.00 bits per heavy atom. The second-order valence-electron chi connectivity index (χ2n) is 3.27. The van der Waals surface area contributed by atoms with Gasteiger partial charge >= 0.3 is 0 Å². The van der Waals surface area contributed by atoms with Crippen molar-refractivity contribution in [2.75, 3.05) is 20.3 Å². The molecule has 0 saturated heterocycles. The van der Waals surface area contributed by atoms with Gasteiger partial charge in [-0.2, -0.15) is 0 Å². The van der Waals surface area contributed by atoms with Gasteiger partial charge in [-0.15, -0.1) is 0 Å². The van der Waals surface area contributed by atoms with Crippen LogP contribution in [0.15, 0.2) is 24.3 Å². The zero-order chi connectivity index (χ0) is 11.1. The number of hydrogen-bond donors (Lipinski definition) is 2. The molecule has 1 aromatic rings. The van der Waals surface area contributed by atoms with Gasteiger partial charge in [0.05, 0.1) is 6.61 Å². The first-order chi connectivity index (χ1) is 7.26. The van der Waals surface area contributed by atoms with Crippen LogP contribution in [0.2, 0.25) is 0 Å². The zero-order valence-corrected chi connectivity index (χ0v) is 8.74. The smallest absolute Gasteiger partial charge is 0.157 e. The van der Waals surface area contributed by atoms with Crippen LogP contribution >= 0.6 is 0 Å². The highest BCUT2D eigenvalue weighted by molar-refractivity contribution is 5.28. The van der Waals surface area contributed by atoms with Crippen LogP contribution in [-0.4, -0.2) is 31.5 Å². The van der Waals surface area contributed by atoms with Crippen molar-refractivity contribution in [1.82, 2.24) is 5.32 Å². The van der Waals surface area contributed by atoms with Crippen LogP contribution in [0.25, 0.3) is 0 Å². The van der Waals surface area contributed by atoms with E-state index in [0.717, 1.165) is 12.1 Å². The molecular formula is C11H16FNO2. The van der Waals surface area contributed by atoms with E-state index in [-0.39, 0.29) is 6.61 Å². The molecule has 0 aliphatic heterocycles.